The van der Waals surface area contributed by atoms with Gasteiger partial charge in [0, 0.05) is 12.6 Å². The number of hydrogen-bond donors (Lipinski definition) is 2. The van der Waals surface area contributed by atoms with Crippen molar-refractivity contribution in [3.8, 4) is 5.75 Å². The van der Waals surface area contributed by atoms with Crippen molar-refractivity contribution in [2.45, 2.75) is 44.9 Å². The fourth-order valence-electron chi connectivity index (χ4n) is 2.81. The predicted octanol–water partition coefficient (Wildman–Crippen LogP) is 2.35. The van der Waals surface area contributed by atoms with Gasteiger partial charge in [0.1, 0.15) is 5.75 Å². The van der Waals surface area contributed by atoms with Crippen LogP contribution in [0, 0.1) is 0 Å². The molecule has 2 N–H and O–H groups in total. The lowest BCUT2D eigenvalue weighted by molar-refractivity contribution is -0.370. The maximum absolute atomic E-state index is 12.0. The van der Waals surface area contributed by atoms with Crippen LogP contribution in [-0.4, -0.2) is 49.5 Å². The molecule has 0 fully saturated rings. The van der Waals surface area contributed by atoms with Gasteiger partial charge in [0.05, 0.1) is 6.61 Å². The topological polar surface area (TPSA) is 77.0 Å². The van der Waals surface area contributed by atoms with E-state index >= 15 is 0 Å². The highest BCUT2D eigenvalue weighted by Crippen LogP contribution is 2.26. The number of alkyl halides is 3. The number of hydrogen-bond acceptors (Lipinski definition) is 6. The Hall–Kier alpha value is -1.55. The minimum Gasteiger partial charge on any atom is -0.482 e. The summed E-state index contributed by atoms with van der Waals surface area (Å²) < 4.78 is 49.8. The molecular formula is C17H23ClF3NO5. The molecule has 0 saturated heterocycles. The van der Waals surface area contributed by atoms with Crippen LogP contribution in [0.15, 0.2) is 18.2 Å². The van der Waals surface area contributed by atoms with Crippen LogP contribution in [0.1, 0.15) is 24.5 Å². The van der Waals surface area contributed by atoms with E-state index in [-0.39, 0.29) is 38.2 Å². The Balaban J connectivity index is 0.00000364. The van der Waals surface area contributed by atoms with E-state index in [9.17, 15) is 23.1 Å². The molecule has 0 bridgehead atoms. The van der Waals surface area contributed by atoms with Gasteiger partial charge in [-0.15, -0.1) is 25.6 Å². The van der Waals surface area contributed by atoms with Crippen molar-refractivity contribution < 1.29 is 37.3 Å². The summed E-state index contributed by atoms with van der Waals surface area (Å²) in [6.07, 6.45) is -4.76. The number of aryl methyl sites for hydroxylation is 1. The molecule has 1 aliphatic rings. The summed E-state index contributed by atoms with van der Waals surface area (Å²) in [6, 6.07) is 5.40. The van der Waals surface area contributed by atoms with Crippen LogP contribution in [0.4, 0.5) is 13.2 Å². The highest BCUT2D eigenvalue weighted by molar-refractivity contribution is 5.85. The zero-order valence-electron chi connectivity index (χ0n) is 14.8. The van der Waals surface area contributed by atoms with E-state index in [1.165, 1.54) is 0 Å². The van der Waals surface area contributed by atoms with Gasteiger partial charge in [0.15, 0.2) is 12.9 Å². The van der Waals surface area contributed by atoms with E-state index in [2.05, 4.69) is 10.1 Å². The van der Waals surface area contributed by atoms with Crippen molar-refractivity contribution in [1.29, 1.82) is 0 Å². The van der Waals surface area contributed by atoms with E-state index in [1.54, 1.807) is 13.0 Å². The van der Waals surface area contributed by atoms with E-state index in [0.717, 1.165) is 24.0 Å². The number of aliphatic hydroxyl groups excluding tert-OH is 1. The first-order chi connectivity index (χ1) is 12.3. The quantitative estimate of drug-likeness (QED) is 0.503. The van der Waals surface area contributed by atoms with Crippen molar-refractivity contribution in [3.63, 3.8) is 0 Å². The third-order valence-corrected chi connectivity index (χ3v) is 3.92. The number of carbonyl (C=O) groups is 1. The Labute approximate surface area is 161 Å². The second-order valence-electron chi connectivity index (χ2n) is 5.89. The van der Waals surface area contributed by atoms with Gasteiger partial charge in [-0.2, -0.15) is 0 Å². The van der Waals surface area contributed by atoms with Crippen molar-refractivity contribution in [3.05, 3.63) is 29.3 Å². The van der Waals surface area contributed by atoms with Crippen LogP contribution in [-0.2, 0) is 27.1 Å². The number of carbonyl (C=O) groups excluding carboxylic acids is 1. The Bertz CT molecular complexity index is 615. The van der Waals surface area contributed by atoms with Crippen LogP contribution >= 0.6 is 12.4 Å². The molecule has 2 atom stereocenters. The third kappa shape index (κ3) is 8.34. The average molecular weight is 414 g/mol. The zero-order chi connectivity index (χ0) is 19.2. The predicted molar refractivity (Wildman–Crippen MR) is 92.8 cm³/mol. The maximum atomic E-state index is 12.0. The molecule has 0 radical (unpaired) electrons. The molecule has 0 saturated carbocycles. The number of esters is 1. The second kappa shape index (κ2) is 10.7. The number of benzene rings is 1. The number of rotatable bonds is 8. The van der Waals surface area contributed by atoms with E-state index < -0.39 is 18.6 Å². The van der Waals surface area contributed by atoms with Gasteiger partial charge >= 0.3 is 12.3 Å². The third-order valence-electron chi connectivity index (χ3n) is 3.92. The highest BCUT2D eigenvalue weighted by atomic mass is 35.5. The summed E-state index contributed by atoms with van der Waals surface area (Å²) in [7, 11) is 0. The monoisotopic (exact) mass is 413 g/mol. The van der Waals surface area contributed by atoms with Crippen LogP contribution in [0.5, 0.6) is 5.75 Å². The van der Waals surface area contributed by atoms with E-state index in [1.807, 2.05) is 12.1 Å². The van der Waals surface area contributed by atoms with Gasteiger partial charge in [-0.1, -0.05) is 6.07 Å². The minimum absolute atomic E-state index is 0. The molecule has 0 amide bonds. The van der Waals surface area contributed by atoms with Gasteiger partial charge in [-0.25, -0.2) is 4.79 Å². The van der Waals surface area contributed by atoms with Gasteiger partial charge in [-0.05, 0) is 49.4 Å². The summed E-state index contributed by atoms with van der Waals surface area (Å²) in [5, 5.41) is 12.1. The van der Waals surface area contributed by atoms with E-state index in [0.29, 0.717) is 12.2 Å². The number of nitrogens with one attached hydrogen (secondary N) is 1. The normalized spacial score (nSPS) is 17.4. The molecule has 0 aliphatic heterocycles. The smallest absolute Gasteiger partial charge is 0.482 e. The molecule has 1 aromatic rings. The molecule has 0 aromatic heterocycles. The summed E-state index contributed by atoms with van der Waals surface area (Å²) in [5.41, 5.74) is 2.11. The van der Waals surface area contributed by atoms with Gasteiger partial charge in [0.25, 0.3) is 0 Å². The molecule has 10 heteroatoms. The lowest BCUT2D eigenvalue weighted by Crippen LogP contribution is -2.41. The Kier molecular flexibility index (Phi) is 9.31. The fraction of sp³-hybridized carbons (Fsp3) is 0.588. The number of fused-ring (bicyclic) bond motifs is 1. The molecule has 0 heterocycles. The first-order valence-electron chi connectivity index (χ1n) is 8.33. The lowest BCUT2D eigenvalue weighted by atomic mass is 9.88. The van der Waals surface area contributed by atoms with Gasteiger partial charge in [0.2, 0.25) is 0 Å². The van der Waals surface area contributed by atoms with Crippen molar-refractivity contribution in [2.75, 3.05) is 19.8 Å². The Morgan fingerprint density at radius 2 is 2.11 bits per heavy atom. The molecule has 2 rings (SSSR count). The summed E-state index contributed by atoms with van der Waals surface area (Å²) in [5.74, 6) is 0.0707. The molecular weight excluding hydrogens is 391 g/mol. The van der Waals surface area contributed by atoms with Gasteiger partial charge < -0.3 is 19.9 Å². The van der Waals surface area contributed by atoms with Crippen LogP contribution in [0.3, 0.4) is 0 Å². The first kappa shape index (κ1) is 23.5. The molecule has 6 nitrogen and oxygen atoms in total. The molecule has 154 valence electrons. The summed E-state index contributed by atoms with van der Waals surface area (Å²) >= 11 is 0. The lowest BCUT2D eigenvalue weighted by Gasteiger charge is -2.27. The molecule has 1 aliphatic carbocycles. The molecule has 1 unspecified atom stereocenters. The zero-order valence-corrected chi connectivity index (χ0v) is 15.6. The second-order valence-corrected chi connectivity index (χ2v) is 5.89. The Morgan fingerprint density at radius 1 is 1.37 bits per heavy atom. The SMILES string of the molecule is CCOC(=O)COc1ccc2c(c1)CC(NC[C@@H](O)OC(F)(F)F)CC2.Cl. The minimum atomic E-state index is -4.87. The van der Waals surface area contributed by atoms with Crippen molar-refractivity contribution in [2.24, 2.45) is 0 Å². The van der Waals surface area contributed by atoms with Gasteiger partial charge in [-0.3, -0.25) is 4.74 Å². The average Bonchev–Trinajstić information content (AvgIpc) is 2.56. The maximum Gasteiger partial charge on any atom is 0.524 e. The van der Waals surface area contributed by atoms with Crippen molar-refractivity contribution >= 4 is 18.4 Å². The fourth-order valence-corrected chi connectivity index (χ4v) is 2.81. The standard InChI is InChI=1S/C17H22F3NO5.ClH/c1-2-24-16(23)10-25-14-6-4-11-3-5-13(7-12(11)8-14)21-9-15(22)26-17(18,19)20;/h4,6,8,13,15,21-22H,2-3,5,7,9-10H2,1H3;1H/t13?,15-;/m0./s1. The highest BCUT2D eigenvalue weighted by Gasteiger charge is 2.33. The van der Waals surface area contributed by atoms with Crippen LogP contribution in [0.25, 0.3) is 0 Å². The largest absolute Gasteiger partial charge is 0.524 e. The van der Waals surface area contributed by atoms with Crippen LogP contribution in [0.2, 0.25) is 0 Å². The number of halogens is 4. The number of aliphatic hydroxyl groups is 1. The summed E-state index contributed by atoms with van der Waals surface area (Å²) in [6.45, 7) is 1.48. The number of ether oxygens (including phenoxy) is 3. The summed E-state index contributed by atoms with van der Waals surface area (Å²) in [4.78, 5) is 11.3. The molecule has 1 aromatic carbocycles. The Morgan fingerprint density at radius 3 is 2.78 bits per heavy atom. The molecule has 0 spiro atoms. The molecule has 27 heavy (non-hydrogen) atoms. The van der Waals surface area contributed by atoms with Crippen LogP contribution < -0.4 is 10.1 Å². The van der Waals surface area contributed by atoms with E-state index in [4.69, 9.17) is 9.47 Å². The first-order valence-corrected chi connectivity index (χ1v) is 8.33. The van der Waals surface area contributed by atoms with Crippen molar-refractivity contribution in [1.82, 2.24) is 5.32 Å².